The number of rotatable bonds is 5. The van der Waals surface area contributed by atoms with Crippen LogP contribution in [0.25, 0.3) is 10.9 Å². The Labute approximate surface area is 136 Å². The van der Waals surface area contributed by atoms with E-state index in [1.165, 1.54) is 18.6 Å². The maximum atomic E-state index is 12.0. The van der Waals surface area contributed by atoms with Crippen molar-refractivity contribution in [1.82, 2.24) is 20.3 Å². The number of benzene rings is 1. The largest absolute Gasteiger partial charge is 0.480 e. The molecular formula is C16H15N5O3. The summed E-state index contributed by atoms with van der Waals surface area (Å²) in [5, 5.41) is 15.2. The lowest BCUT2D eigenvalue weighted by Crippen LogP contribution is -2.44. The maximum Gasteiger partial charge on any atom is 0.326 e. The molecule has 0 aliphatic heterocycles. The number of fused-ring (bicyclic) bond motifs is 1. The van der Waals surface area contributed by atoms with E-state index in [-0.39, 0.29) is 12.2 Å². The lowest BCUT2D eigenvalue weighted by Gasteiger charge is -2.14. The van der Waals surface area contributed by atoms with Crippen molar-refractivity contribution in [3.63, 3.8) is 0 Å². The number of hydrogen-bond acceptors (Lipinski definition) is 4. The van der Waals surface area contributed by atoms with Crippen LogP contribution in [0, 0.1) is 0 Å². The number of aliphatic carboxylic acids is 1. The van der Waals surface area contributed by atoms with Crippen LogP contribution in [0.2, 0.25) is 0 Å². The SMILES string of the molecule is O=C(Nc1cnccn1)NC(Cc1c[nH]c2ccccc12)C(=O)O. The molecule has 0 spiro atoms. The second kappa shape index (κ2) is 6.78. The van der Waals surface area contributed by atoms with Gasteiger partial charge in [-0.25, -0.2) is 14.6 Å². The molecular weight excluding hydrogens is 310 g/mol. The monoisotopic (exact) mass is 325 g/mol. The Morgan fingerprint density at radius 3 is 2.83 bits per heavy atom. The van der Waals surface area contributed by atoms with Crippen LogP contribution in [0.1, 0.15) is 5.56 Å². The first-order valence-corrected chi connectivity index (χ1v) is 7.25. The van der Waals surface area contributed by atoms with Gasteiger partial charge in [0.05, 0.1) is 6.20 Å². The van der Waals surface area contributed by atoms with E-state index in [1.807, 2.05) is 24.3 Å². The molecule has 0 bridgehead atoms. The minimum atomic E-state index is -1.12. The first kappa shape index (κ1) is 15.5. The third-order valence-electron chi connectivity index (χ3n) is 3.51. The lowest BCUT2D eigenvalue weighted by molar-refractivity contribution is -0.139. The molecule has 0 aliphatic rings. The summed E-state index contributed by atoms with van der Waals surface area (Å²) in [5.74, 6) is -0.874. The number of anilines is 1. The summed E-state index contributed by atoms with van der Waals surface area (Å²) in [6.07, 6.45) is 6.18. The Hall–Kier alpha value is -3.42. The van der Waals surface area contributed by atoms with Gasteiger partial charge in [-0.2, -0.15) is 0 Å². The third kappa shape index (κ3) is 3.49. The van der Waals surface area contributed by atoms with Crippen molar-refractivity contribution >= 4 is 28.7 Å². The standard InChI is InChI=1S/C16H15N5O3/c22-15(23)13(20-16(24)21-14-9-17-5-6-18-14)7-10-8-19-12-4-2-1-3-11(10)12/h1-6,8-9,13,19H,7H2,(H,22,23)(H2,18,20,21,24). The van der Waals surface area contributed by atoms with Crippen molar-refractivity contribution in [2.45, 2.75) is 12.5 Å². The van der Waals surface area contributed by atoms with Gasteiger partial charge in [0, 0.05) is 35.9 Å². The van der Waals surface area contributed by atoms with E-state index in [1.54, 1.807) is 6.20 Å². The van der Waals surface area contributed by atoms with Gasteiger partial charge in [0.1, 0.15) is 6.04 Å². The highest BCUT2D eigenvalue weighted by Gasteiger charge is 2.22. The molecule has 8 nitrogen and oxygen atoms in total. The van der Waals surface area contributed by atoms with Crippen molar-refractivity contribution in [2.75, 3.05) is 5.32 Å². The smallest absolute Gasteiger partial charge is 0.326 e. The molecule has 3 aromatic rings. The van der Waals surface area contributed by atoms with Gasteiger partial charge >= 0.3 is 12.0 Å². The first-order valence-electron chi connectivity index (χ1n) is 7.25. The summed E-state index contributed by atoms with van der Waals surface area (Å²) in [4.78, 5) is 34.2. The zero-order valence-corrected chi connectivity index (χ0v) is 12.6. The summed E-state index contributed by atoms with van der Waals surface area (Å²) in [5.41, 5.74) is 1.73. The fourth-order valence-corrected chi connectivity index (χ4v) is 2.39. The quantitative estimate of drug-likeness (QED) is 0.570. The third-order valence-corrected chi connectivity index (χ3v) is 3.51. The van der Waals surface area contributed by atoms with E-state index in [0.717, 1.165) is 16.5 Å². The summed E-state index contributed by atoms with van der Waals surface area (Å²) < 4.78 is 0. The predicted octanol–water partition coefficient (Wildman–Crippen LogP) is 1.78. The van der Waals surface area contributed by atoms with Gasteiger partial charge in [0.25, 0.3) is 0 Å². The van der Waals surface area contributed by atoms with Crippen LogP contribution in [0.15, 0.2) is 49.1 Å². The Morgan fingerprint density at radius 1 is 1.25 bits per heavy atom. The lowest BCUT2D eigenvalue weighted by atomic mass is 10.1. The average molecular weight is 325 g/mol. The number of amides is 2. The van der Waals surface area contributed by atoms with E-state index in [2.05, 4.69) is 25.6 Å². The Morgan fingerprint density at radius 2 is 2.08 bits per heavy atom. The number of aromatic amines is 1. The van der Waals surface area contributed by atoms with Gasteiger partial charge in [-0.05, 0) is 11.6 Å². The van der Waals surface area contributed by atoms with Crippen molar-refractivity contribution in [3.8, 4) is 0 Å². The van der Waals surface area contributed by atoms with Crippen LogP contribution in [-0.2, 0) is 11.2 Å². The highest BCUT2D eigenvalue weighted by molar-refractivity contribution is 5.92. The van der Waals surface area contributed by atoms with Gasteiger partial charge < -0.3 is 15.4 Å². The molecule has 122 valence electrons. The van der Waals surface area contributed by atoms with Crippen molar-refractivity contribution in [1.29, 1.82) is 0 Å². The number of carbonyl (C=O) groups is 2. The molecule has 0 saturated heterocycles. The van der Waals surface area contributed by atoms with Gasteiger partial charge in [-0.15, -0.1) is 0 Å². The van der Waals surface area contributed by atoms with E-state index >= 15 is 0 Å². The van der Waals surface area contributed by atoms with Crippen LogP contribution in [-0.4, -0.2) is 38.1 Å². The van der Waals surface area contributed by atoms with Gasteiger partial charge in [0.15, 0.2) is 5.82 Å². The maximum absolute atomic E-state index is 12.0. The molecule has 0 aliphatic carbocycles. The number of urea groups is 1. The van der Waals surface area contributed by atoms with E-state index in [9.17, 15) is 14.7 Å². The number of carbonyl (C=O) groups excluding carboxylic acids is 1. The molecule has 0 radical (unpaired) electrons. The van der Waals surface area contributed by atoms with Crippen LogP contribution < -0.4 is 10.6 Å². The molecule has 0 fully saturated rings. The topological polar surface area (TPSA) is 120 Å². The molecule has 2 amide bonds. The molecule has 1 atom stereocenters. The molecule has 1 unspecified atom stereocenters. The number of carboxylic acids is 1. The summed E-state index contributed by atoms with van der Waals surface area (Å²) in [6.45, 7) is 0. The van der Waals surface area contributed by atoms with E-state index in [0.29, 0.717) is 0 Å². The highest BCUT2D eigenvalue weighted by Crippen LogP contribution is 2.19. The molecule has 3 rings (SSSR count). The summed E-state index contributed by atoms with van der Waals surface area (Å²) in [6, 6.07) is 5.86. The minimum absolute atomic E-state index is 0.160. The predicted molar refractivity (Wildman–Crippen MR) is 87.6 cm³/mol. The number of H-pyrrole nitrogens is 1. The molecule has 2 aromatic heterocycles. The molecule has 24 heavy (non-hydrogen) atoms. The summed E-state index contributed by atoms with van der Waals surface area (Å²) in [7, 11) is 0. The first-order chi connectivity index (χ1) is 11.6. The summed E-state index contributed by atoms with van der Waals surface area (Å²) >= 11 is 0. The highest BCUT2D eigenvalue weighted by atomic mass is 16.4. The number of para-hydroxylation sites is 1. The molecule has 4 N–H and O–H groups in total. The minimum Gasteiger partial charge on any atom is -0.480 e. The number of nitrogens with zero attached hydrogens (tertiary/aromatic N) is 2. The van der Waals surface area contributed by atoms with Gasteiger partial charge in [-0.3, -0.25) is 10.3 Å². The zero-order chi connectivity index (χ0) is 16.9. The Balaban J connectivity index is 1.71. The zero-order valence-electron chi connectivity index (χ0n) is 12.6. The van der Waals surface area contributed by atoms with Crippen molar-refractivity contribution in [2.24, 2.45) is 0 Å². The normalized spacial score (nSPS) is 11.8. The molecule has 1 aromatic carbocycles. The Bertz CT molecular complexity index is 862. The molecule has 8 heteroatoms. The van der Waals surface area contributed by atoms with Gasteiger partial charge in [0.2, 0.25) is 0 Å². The van der Waals surface area contributed by atoms with Crippen molar-refractivity contribution < 1.29 is 14.7 Å². The van der Waals surface area contributed by atoms with E-state index in [4.69, 9.17) is 0 Å². The number of hydrogen-bond donors (Lipinski definition) is 4. The van der Waals surface area contributed by atoms with Crippen LogP contribution in [0.4, 0.5) is 10.6 Å². The van der Waals surface area contributed by atoms with Crippen molar-refractivity contribution in [3.05, 3.63) is 54.6 Å². The number of nitrogens with one attached hydrogen (secondary N) is 3. The molecule has 0 saturated carbocycles. The van der Waals surface area contributed by atoms with Crippen LogP contribution >= 0.6 is 0 Å². The fraction of sp³-hybridized carbons (Fsp3) is 0.125. The number of carboxylic acid groups (broad SMARTS) is 1. The van der Waals surface area contributed by atoms with E-state index < -0.39 is 18.0 Å². The fourth-order valence-electron chi connectivity index (χ4n) is 2.39. The molecule has 2 heterocycles. The van der Waals surface area contributed by atoms with Gasteiger partial charge in [-0.1, -0.05) is 18.2 Å². The van der Waals surface area contributed by atoms with Crippen LogP contribution in [0.3, 0.4) is 0 Å². The average Bonchev–Trinajstić information content (AvgIpc) is 2.98. The van der Waals surface area contributed by atoms with Crippen LogP contribution in [0.5, 0.6) is 0 Å². The Kier molecular flexibility index (Phi) is 4.37. The second-order valence-electron chi connectivity index (χ2n) is 5.14. The second-order valence-corrected chi connectivity index (χ2v) is 5.14. The number of aromatic nitrogens is 3.